The fourth-order valence-electron chi connectivity index (χ4n) is 4.10. The first-order chi connectivity index (χ1) is 14.9. The van der Waals surface area contributed by atoms with Crippen LogP contribution in [0.3, 0.4) is 0 Å². The van der Waals surface area contributed by atoms with Crippen LogP contribution in [0.15, 0.2) is 54.6 Å². The van der Waals surface area contributed by atoms with E-state index in [0.29, 0.717) is 30.5 Å². The van der Waals surface area contributed by atoms with E-state index in [0.717, 1.165) is 17.1 Å². The molecule has 1 atom stereocenters. The zero-order chi connectivity index (χ0) is 22.0. The molecule has 2 heterocycles. The second-order valence-corrected chi connectivity index (χ2v) is 7.72. The highest BCUT2D eigenvalue weighted by Crippen LogP contribution is 2.31. The molecule has 0 aromatic heterocycles. The maximum atomic E-state index is 13.1. The first kappa shape index (κ1) is 20.6. The molecule has 2 N–H and O–H groups in total. The number of urea groups is 1. The molecule has 5 amide bonds. The Kier molecular flexibility index (Phi) is 5.46. The van der Waals surface area contributed by atoms with E-state index in [-0.39, 0.29) is 12.3 Å². The molecule has 0 spiro atoms. The Labute approximate surface area is 180 Å². The van der Waals surface area contributed by atoms with Gasteiger partial charge >= 0.3 is 6.03 Å². The summed E-state index contributed by atoms with van der Waals surface area (Å²) in [6.07, 6.45) is 1.75. The number of hydrazine groups is 1. The molecule has 31 heavy (non-hydrogen) atoms. The molecule has 4 rings (SSSR count). The van der Waals surface area contributed by atoms with Crippen molar-refractivity contribution in [1.29, 1.82) is 0 Å². The van der Waals surface area contributed by atoms with E-state index in [1.165, 1.54) is 0 Å². The van der Waals surface area contributed by atoms with Gasteiger partial charge in [-0.15, -0.1) is 0 Å². The van der Waals surface area contributed by atoms with E-state index in [4.69, 9.17) is 0 Å². The maximum absolute atomic E-state index is 13.1. The Morgan fingerprint density at radius 2 is 1.77 bits per heavy atom. The Hall–Kier alpha value is -3.68. The van der Waals surface area contributed by atoms with Crippen LogP contribution in [0.4, 0.5) is 10.5 Å². The minimum Gasteiger partial charge on any atom is -0.318 e. The molecule has 2 aliphatic rings. The van der Waals surface area contributed by atoms with E-state index in [9.17, 15) is 19.2 Å². The predicted molar refractivity (Wildman–Crippen MR) is 114 cm³/mol. The average Bonchev–Trinajstić information content (AvgIpc) is 3.31. The molecule has 0 radical (unpaired) electrons. The summed E-state index contributed by atoms with van der Waals surface area (Å²) < 4.78 is 0. The SMILES string of the molecule is CCC1(c2ccccc2)NC(=O)N(NC(=O)Cc2ccc(N3CCCC3=O)cc2)C1=O. The fraction of sp³-hybridized carbons (Fsp3) is 0.304. The first-order valence-electron chi connectivity index (χ1n) is 10.4. The summed E-state index contributed by atoms with van der Waals surface area (Å²) >= 11 is 0. The van der Waals surface area contributed by atoms with Gasteiger partial charge in [0.15, 0.2) is 0 Å². The number of hydrogen-bond donors (Lipinski definition) is 2. The van der Waals surface area contributed by atoms with Gasteiger partial charge in [0.1, 0.15) is 5.54 Å². The van der Waals surface area contributed by atoms with E-state index in [1.54, 1.807) is 53.4 Å². The summed E-state index contributed by atoms with van der Waals surface area (Å²) in [5.41, 5.74) is 3.41. The number of benzene rings is 2. The number of imide groups is 1. The third kappa shape index (κ3) is 3.76. The molecule has 1 unspecified atom stereocenters. The van der Waals surface area contributed by atoms with Crippen molar-refractivity contribution in [3.63, 3.8) is 0 Å². The third-order valence-electron chi connectivity index (χ3n) is 5.81. The molecule has 2 fully saturated rings. The van der Waals surface area contributed by atoms with Gasteiger partial charge in [0, 0.05) is 18.7 Å². The minimum absolute atomic E-state index is 0.00422. The Morgan fingerprint density at radius 3 is 2.39 bits per heavy atom. The molecule has 0 aliphatic carbocycles. The van der Waals surface area contributed by atoms with Crippen LogP contribution in [0.5, 0.6) is 0 Å². The lowest BCUT2D eigenvalue weighted by atomic mass is 9.87. The number of rotatable bonds is 6. The Morgan fingerprint density at radius 1 is 1.06 bits per heavy atom. The molecule has 0 bridgehead atoms. The second-order valence-electron chi connectivity index (χ2n) is 7.72. The van der Waals surface area contributed by atoms with Gasteiger partial charge in [-0.2, -0.15) is 5.01 Å². The van der Waals surface area contributed by atoms with Crippen molar-refractivity contribution in [2.24, 2.45) is 0 Å². The van der Waals surface area contributed by atoms with Crippen molar-refractivity contribution in [3.05, 3.63) is 65.7 Å². The third-order valence-corrected chi connectivity index (χ3v) is 5.81. The van der Waals surface area contributed by atoms with Crippen molar-refractivity contribution >= 4 is 29.4 Å². The monoisotopic (exact) mass is 420 g/mol. The van der Waals surface area contributed by atoms with Crippen molar-refractivity contribution < 1.29 is 19.2 Å². The summed E-state index contributed by atoms with van der Waals surface area (Å²) in [5.74, 6) is -0.891. The summed E-state index contributed by atoms with van der Waals surface area (Å²) in [6.45, 7) is 2.51. The highest BCUT2D eigenvalue weighted by atomic mass is 16.2. The summed E-state index contributed by atoms with van der Waals surface area (Å²) in [4.78, 5) is 51.7. The molecule has 2 aromatic carbocycles. The molecule has 0 saturated carbocycles. The quantitative estimate of drug-likeness (QED) is 0.700. The zero-order valence-electron chi connectivity index (χ0n) is 17.3. The van der Waals surface area contributed by atoms with Crippen molar-refractivity contribution in [3.8, 4) is 0 Å². The molecular formula is C23H24N4O4. The fourth-order valence-corrected chi connectivity index (χ4v) is 4.10. The summed E-state index contributed by atoms with van der Waals surface area (Å²) in [5, 5.41) is 3.49. The van der Waals surface area contributed by atoms with Gasteiger partial charge in [-0.1, -0.05) is 49.4 Å². The number of nitrogens with one attached hydrogen (secondary N) is 2. The van der Waals surface area contributed by atoms with Gasteiger partial charge in [0.25, 0.3) is 5.91 Å². The van der Waals surface area contributed by atoms with Gasteiger partial charge in [-0.05, 0) is 36.1 Å². The largest absolute Gasteiger partial charge is 0.344 e. The van der Waals surface area contributed by atoms with Crippen LogP contribution in [0.2, 0.25) is 0 Å². The van der Waals surface area contributed by atoms with E-state index in [1.807, 2.05) is 13.0 Å². The molecular weight excluding hydrogens is 396 g/mol. The standard InChI is InChI=1S/C23H24N4O4/c1-2-23(17-7-4-3-5-8-17)21(30)27(22(31)24-23)25-19(28)15-16-10-12-18(13-11-16)26-14-6-9-20(26)29/h3-5,7-8,10-13H,2,6,9,14-15H2,1H3,(H,24,31)(H,25,28). The van der Waals surface area contributed by atoms with Gasteiger partial charge in [-0.25, -0.2) is 4.79 Å². The molecule has 2 aromatic rings. The summed E-state index contributed by atoms with van der Waals surface area (Å²) in [6, 6.07) is 15.5. The number of hydrogen-bond acceptors (Lipinski definition) is 4. The van der Waals surface area contributed by atoms with Crippen LogP contribution >= 0.6 is 0 Å². The lowest BCUT2D eigenvalue weighted by Crippen LogP contribution is -2.49. The topological polar surface area (TPSA) is 98.8 Å². The highest BCUT2D eigenvalue weighted by Gasteiger charge is 2.52. The molecule has 160 valence electrons. The average molecular weight is 420 g/mol. The number of anilines is 1. The zero-order valence-corrected chi connectivity index (χ0v) is 17.3. The Balaban J connectivity index is 1.43. The molecule has 2 saturated heterocycles. The first-order valence-corrected chi connectivity index (χ1v) is 10.4. The lowest BCUT2D eigenvalue weighted by molar-refractivity contribution is -0.139. The van der Waals surface area contributed by atoms with Crippen molar-refractivity contribution in [2.75, 3.05) is 11.4 Å². The van der Waals surface area contributed by atoms with E-state index >= 15 is 0 Å². The van der Waals surface area contributed by atoms with Crippen LogP contribution in [-0.2, 0) is 26.3 Å². The lowest BCUT2D eigenvalue weighted by Gasteiger charge is -2.25. The number of carbonyl (C=O) groups is 4. The van der Waals surface area contributed by atoms with Crippen LogP contribution in [0.25, 0.3) is 0 Å². The Bertz CT molecular complexity index is 1020. The maximum Gasteiger partial charge on any atom is 0.344 e. The number of amides is 5. The number of nitrogens with zero attached hydrogens (tertiary/aromatic N) is 2. The van der Waals surface area contributed by atoms with Gasteiger partial charge in [0.2, 0.25) is 11.8 Å². The van der Waals surface area contributed by atoms with Gasteiger partial charge in [-0.3, -0.25) is 19.8 Å². The predicted octanol–water partition coefficient (Wildman–Crippen LogP) is 2.24. The van der Waals surface area contributed by atoms with E-state index < -0.39 is 23.4 Å². The molecule has 8 nitrogen and oxygen atoms in total. The number of carbonyl (C=O) groups excluding carboxylic acids is 4. The minimum atomic E-state index is -1.20. The van der Waals surface area contributed by atoms with Crippen LogP contribution in [0, 0.1) is 0 Å². The van der Waals surface area contributed by atoms with Gasteiger partial charge in [0.05, 0.1) is 6.42 Å². The molecule has 2 aliphatic heterocycles. The van der Waals surface area contributed by atoms with E-state index in [2.05, 4.69) is 10.7 Å². The van der Waals surface area contributed by atoms with Crippen molar-refractivity contribution in [2.45, 2.75) is 38.1 Å². The summed E-state index contributed by atoms with van der Waals surface area (Å²) in [7, 11) is 0. The van der Waals surface area contributed by atoms with Crippen LogP contribution in [0.1, 0.15) is 37.3 Å². The second kappa shape index (κ2) is 8.22. The van der Waals surface area contributed by atoms with Crippen LogP contribution < -0.4 is 15.6 Å². The molecule has 8 heteroatoms. The highest BCUT2D eigenvalue weighted by molar-refractivity contribution is 6.08. The van der Waals surface area contributed by atoms with Gasteiger partial charge < -0.3 is 10.2 Å². The van der Waals surface area contributed by atoms with Crippen molar-refractivity contribution in [1.82, 2.24) is 15.8 Å². The smallest absolute Gasteiger partial charge is 0.318 e. The normalized spacial score (nSPS) is 20.9. The van der Waals surface area contributed by atoms with Crippen LogP contribution in [-0.4, -0.2) is 35.3 Å².